The molecule has 1 saturated heterocycles. The molecular formula is C19H29N2O6PS. The molecule has 0 N–H and O–H groups in total. The van der Waals surface area contributed by atoms with Crippen LogP contribution >= 0.6 is 19.9 Å². The first-order chi connectivity index (χ1) is 13.4. The lowest BCUT2D eigenvalue weighted by atomic mass is 9.97. The van der Waals surface area contributed by atoms with Gasteiger partial charge in [-0.3, -0.25) is 9.05 Å². The van der Waals surface area contributed by atoms with Gasteiger partial charge in [0.05, 0.1) is 25.3 Å². The maximum atomic E-state index is 13.1. The Morgan fingerprint density at radius 3 is 2.52 bits per heavy atom. The van der Waals surface area contributed by atoms with Crippen LogP contribution < -0.4 is 9.47 Å². The Labute approximate surface area is 176 Å². The van der Waals surface area contributed by atoms with Gasteiger partial charge in [-0.1, -0.05) is 32.9 Å². The molecule has 0 atom stereocenters. The summed E-state index contributed by atoms with van der Waals surface area (Å²) in [6.07, 6.45) is 0.134. The molecule has 8 nitrogen and oxygen atoms in total. The number of hydrogen-bond acceptors (Lipinski definition) is 7. The minimum Gasteiger partial charge on any atom is -0.483 e. The number of carbonyl (C=O) groups excluding carboxylic acids is 1. The fourth-order valence-corrected chi connectivity index (χ4v) is 6.17. The largest absolute Gasteiger partial charge is 0.483 e. The zero-order valence-corrected chi connectivity index (χ0v) is 19.5. The first-order valence-corrected chi connectivity index (χ1v) is 11.8. The number of fused-ring (bicyclic) bond motifs is 1. The minimum absolute atomic E-state index is 0.204. The van der Waals surface area contributed by atoms with Gasteiger partial charge in [0, 0.05) is 31.0 Å². The zero-order valence-electron chi connectivity index (χ0n) is 17.8. The van der Waals surface area contributed by atoms with E-state index in [0.717, 1.165) is 24.1 Å². The number of nitrogens with zero attached hydrogens (tertiary/aromatic N) is 2. The molecule has 10 heteroatoms. The van der Waals surface area contributed by atoms with Gasteiger partial charge in [-0.15, -0.1) is 4.08 Å². The third-order valence-corrected chi connectivity index (χ3v) is 7.91. The van der Waals surface area contributed by atoms with Gasteiger partial charge in [-0.05, 0) is 19.9 Å². The van der Waals surface area contributed by atoms with E-state index in [4.69, 9.17) is 18.5 Å². The lowest BCUT2D eigenvalue weighted by Crippen LogP contribution is -2.35. The molecule has 0 aliphatic carbocycles. The van der Waals surface area contributed by atoms with Crippen molar-refractivity contribution in [3.8, 4) is 11.5 Å². The quantitative estimate of drug-likeness (QED) is 0.469. The van der Waals surface area contributed by atoms with Crippen molar-refractivity contribution in [2.24, 2.45) is 5.41 Å². The summed E-state index contributed by atoms with van der Waals surface area (Å²) < 4.78 is 38.4. The van der Waals surface area contributed by atoms with Crippen molar-refractivity contribution in [2.45, 2.75) is 46.6 Å². The van der Waals surface area contributed by atoms with E-state index in [-0.39, 0.29) is 11.0 Å². The van der Waals surface area contributed by atoms with Gasteiger partial charge in [0.15, 0.2) is 11.5 Å². The fourth-order valence-electron chi connectivity index (χ4n) is 3.00. The van der Waals surface area contributed by atoms with Crippen LogP contribution in [0.25, 0.3) is 0 Å². The molecule has 1 aromatic carbocycles. The summed E-state index contributed by atoms with van der Waals surface area (Å²) in [5.41, 5.74) is 0.458. The molecule has 2 aliphatic heterocycles. The van der Waals surface area contributed by atoms with Crippen LogP contribution in [0.3, 0.4) is 0 Å². The number of carbonyl (C=O) groups is 1. The van der Waals surface area contributed by atoms with Crippen LogP contribution in [-0.4, -0.2) is 46.9 Å². The highest BCUT2D eigenvalue weighted by atomic mass is 32.2. The maximum absolute atomic E-state index is 13.1. The highest BCUT2D eigenvalue weighted by Crippen LogP contribution is 2.59. The Morgan fingerprint density at radius 1 is 1.24 bits per heavy atom. The topological polar surface area (TPSA) is 77.5 Å². The maximum Gasteiger partial charge on any atom is 0.426 e. The SMILES string of the molecule is CCN(SN(C)C(=O)Oc1cccc2c1OC(C)(C)C2)P1(=O)OCC(C)(C)CO1. The minimum atomic E-state index is -3.49. The highest BCUT2D eigenvalue weighted by molar-refractivity contribution is 7.99. The average molecular weight is 444 g/mol. The summed E-state index contributed by atoms with van der Waals surface area (Å²) in [5.74, 6) is 0.956. The predicted octanol–water partition coefficient (Wildman–Crippen LogP) is 4.90. The average Bonchev–Trinajstić information content (AvgIpc) is 2.97. The smallest absolute Gasteiger partial charge is 0.426 e. The van der Waals surface area contributed by atoms with Crippen LogP contribution in [0.4, 0.5) is 4.79 Å². The number of rotatable bonds is 5. The molecule has 1 fully saturated rings. The van der Waals surface area contributed by atoms with Crippen LogP contribution in [0.1, 0.15) is 40.2 Å². The van der Waals surface area contributed by atoms with Crippen molar-refractivity contribution < 1.29 is 27.9 Å². The molecule has 1 aromatic rings. The van der Waals surface area contributed by atoms with Gasteiger partial charge in [-0.2, -0.15) is 0 Å². The van der Waals surface area contributed by atoms with E-state index in [1.54, 1.807) is 13.1 Å². The Bertz CT molecular complexity index is 817. The molecule has 1 amide bonds. The van der Waals surface area contributed by atoms with Crippen molar-refractivity contribution in [3.63, 3.8) is 0 Å². The molecule has 3 rings (SSSR count). The van der Waals surface area contributed by atoms with Crippen molar-refractivity contribution in [3.05, 3.63) is 23.8 Å². The third-order valence-electron chi connectivity index (χ3n) is 4.51. The van der Waals surface area contributed by atoms with E-state index >= 15 is 0 Å². The van der Waals surface area contributed by atoms with Crippen LogP contribution in [0.15, 0.2) is 18.2 Å². The van der Waals surface area contributed by atoms with E-state index in [0.29, 0.717) is 31.3 Å². The van der Waals surface area contributed by atoms with Gasteiger partial charge in [0.1, 0.15) is 5.60 Å². The van der Waals surface area contributed by atoms with E-state index in [1.807, 2.05) is 46.8 Å². The first kappa shape index (κ1) is 22.4. The van der Waals surface area contributed by atoms with E-state index in [2.05, 4.69) is 0 Å². The second kappa shape index (κ2) is 8.12. The summed E-state index contributed by atoms with van der Waals surface area (Å²) in [6, 6.07) is 5.50. The molecule has 2 heterocycles. The molecule has 29 heavy (non-hydrogen) atoms. The van der Waals surface area contributed by atoms with Crippen molar-refractivity contribution in [1.29, 1.82) is 0 Å². The normalized spacial score (nSPS) is 21.3. The molecule has 162 valence electrons. The molecule has 2 aliphatic rings. The second-order valence-electron chi connectivity index (χ2n) is 8.58. The monoisotopic (exact) mass is 444 g/mol. The summed E-state index contributed by atoms with van der Waals surface area (Å²) >= 11 is 0.949. The van der Waals surface area contributed by atoms with Crippen LogP contribution in [0, 0.1) is 5.41 Å². The standard InChI is InChI=1S/C19H29N2O6PS/c1-7-21(28(23)24-12-18(2,3)13-25-28)29-20(6)17(22)26-15-10-8-9-14-11-19(4,5)27-16(14)15/h8-10H,7,11-13H2,1-6H3. The zero-order chi connectivity index (χ0) is 21.4. The first-order valence-electron chi connectivity index (χ1n) is 9.56. The van der Waals surface area contributed by atoms with E-state index < -0.39 is 13.8 Å². The lowest BCUT2D eigenvalue weighted by Gasteiger charge is -2.38. The van der Waals surface area contributed by atoms with Crippen LogP contribution in [0.2, 0.25) is 0 Å². The highest BCUT2D eigenvalue weighted by Gasteiger charge is 2.43. The molecule has 0 bridgehead atoms. The third kappa shape index (κ3) is 5.09. The summed E-state index contributed by atoms with van der Waals surface area (Å²) in [6.45, 7) is 10.7. The lowest BCUT2D eigenvalue weighted by molar-refractivity contribution is 0.0301. The van der Waals surface area contributed by atoms with Crippen molar-refractivity contribution in [2.75, 3.05) is 26.8 Å². The Balaban J connectivity index is 1.65. The number of para-hydroxylation sites is 1. The van der Waals surface area contributed by atoms with Gasteiger partial charge in [0.25, 0.3) is 0 Å². The Kier molecular flexibility index (Phi) is 6.28. The number of amides is 1. The molecular weight excluding hydrogens is 415 g/mol. The number of ether oxygens (including phenoxy) is 2. The Hall–Kier alpha value is -1.25. The summed E-state index contributed by atoms with van der Waals surface area (Å²) in [7, 11) is -1.94. The van der Waals surface area contributed by atoms with E-state index in [9.17, 15) is 9.36 Å². The van der Waals surface area contributed by atoms with Gasteiger partial charge in [-0.25, -0.2) is 13.7 Å². The summed E-state index contributed by atoms with van der Waals surface area (Å²) in [5, 5.41) is 0. The second-order valence-corrected chi connectivity index (χ2v) is 11.9. The van der Waals surface area contributed by atoms with Gasteiger partial charge in [0.2, 0.25) is 0 Å². The fraction of sp³-hybridized carbons (Fsp3) is 0.632. The van der Waals surface area contributed by atoms with Crippen molar-refractivity contribution in [1.82, 2.24) is 8.38 Å². The Morgan fingerprint density at radius 2 is 1.90 bits per heavy atom. The van der Waals surface area contributed by atoms with Crippen LogP contribution in [0.5, 0.6) is 11.5 Å². The van der Waals surface area contributed by atoms with Crippen LogP contribution in [-0.2, 0) is 20.0 Å². The molecule has 0 radical (unpaired) electrons. The molecule has 0 unspecified atom stereocenters. The number of hydrogen-bond donors (Lipinski definition) is 0. The predicted molar refractivity (Wildman–Crippen MR) is 112 cm³/mol. The van der Waals surface area contributed by atoms with E-state index in [1.165, 1.54) is 8.38 Å². The van der Waals surface area contributed by atoms with Gasteiger partial charge >= 0.3 is 13.8 Å². The molecule has 0 saturated carbocycles. The molecule has 0 spiro atoms. The van der Waals surface area contributed by atoms with Crippen molar-refractivity contribution >= 4 is 26.0 Å². The number of benzene rings is 1. The van der Waals surface area contributed by atoms with Gasteiger partial charge < -0.3 is 9.47 Å². The molecule has 0 aromatic heterocycles. The summed E-state index contributed by atoms with van der Waals surface area (Å²) in [4.78, 5) is 12.6.